The number of hydrogen-bond acceptors (Lipinski definition) is 5. The maximum absolute atomic E-state index is 12.8. The summed E-state index contributed by atoms with van der Waals surface area (Å²) in [5.74, 6) is -1.23. The SMILES string of the molecule is CCc1oc(C(=O)N(C2CC2)C2CCS(=O)(=O)C2)cc1C(=O)O. The Balaban J connectivity index is 1.89. The van der Waals surface area contributed by atoms with Crippen LogP contribution in [0, 0.1) is 0 Å². The van der Waals surface area contributed by atoms with E-state index < -0.39 is 21.7 Å². The van der Waals surface area contributed by atoms with E-state index in [-0.39, 0.29) is 40.7 Å². The summed E-state index contributed by atoms with van der Waals surface area (Å²) in [6.45, 7) is 1.75. The maximum atomic E-state index is 12.8. The Morgan fingerprint density at radius 1 is 1.30 bits per heavy atom. The van der Waals surface area contributed by atoms with Crippen molar-refractivity contribution >= 4 is 21.7 Å². The molecule has 1 aliphatic heterocycles. The summed E-state index contributed by atoms with van der Waals surface area (Å²) in [5.41, 5.74) is -0.00867. The molecule has 8 heteroatoms. The van der Waals surface area contributed by atoms with E-state index >= 15 is 0 Å². The lowest BCUT2D eigenvalue weighted by atomic mass is 10.2. The van der Waals surface area contributed by atoms with Crippen molar-refractivity contribution in [1.29, 1.82) is 0 Å². The zero-order chi connectivity index (χ0) is 16.8. The first-order valence-electron chi connectivity index (χ1n) is 7.71. The molecule has 1 aromatic heterocycles. The Kier molecular flexibility index (Phi) is 3.95. The van der Waals surface area contributed by atoms with Gasteiger partial charge in [0.05, 0.1) is 11.5 Å². The Labute approximate surface area is 134 Å². The molecule has 0 spiro atoms. The Bertz CT molecular complexity index is 746. The van der Waals surface area contributed by atoms with Crippen molar-refractivity contribution in [2.45, 2.75) is 44.7 Å². The average Bonchev–Trinajstić information content (AvgIpc) is 3.09. The van der Waals surface area contributed by atoms with Gasteiger partial charge in [-0.3, -0.25) is 4.79 Å². The van der Waals surface area contributed by atoms with Gasteiger partial charge in [0, 0.05) is 24.6 Å². The number of nitrogens with zero attached hydrogens (tertiary/aromatic N) is 1. The molecule has 1 amide bonds. The number of carbonyl (C=O) groups is 2. The van der Waals surface area contributed by atoms with Crippen LogP contribution in [0.3, 0.4) is 0 Å². The van der Waals surface area contributed by atoms with E-state index in [0.29, 0.717) is 12.8 Å². The van der Waals surface area contributed by atoms with E-state index in [2.05, 4.69) is 0 Å². The van der Waals surface area contributed by atoms with Crippen molar-refractivity contribution in [1.82, 2.24) is 4.90 Å². The summed E-state index contributed by atoms with van der Waals surface area (Å²) < 4.78 is 28.8. The molecule has 1 aliphatic carbocycles. The van der Waals surface area contributed by atoms with Gasteiger partial charge in [-0.05, 0) is 19.3 Å². The minimum atomic E-state index is -3.10. The van der Waals surface area contributed by atoms with Gasteiger partial charge in [0.1, 0.15) is 11.3 Å². The molecule has 1 saturated heterocycles. The van der Waals surface area contributed by atoms with Crippen molar-refractivity contribution < 1.29 is 27.5 Å². The quantitative estimate of drug-likeness (QED) is 0.866. The molecule has 7 nitrogen and oxygen atoms in total. The molecule has 1 saturated carbocycles. The highest BCUT2D eigenvalue weighted by atomic mass is 32.2. The highest BCUT2D eigenvalue weighted by molar-refractivity contribution is 7.91. The van der Waals surface area contributed by atoms with Crippen LogP contribution in [0.4, 0.5) is 0 Å². The van der Waals surface area contributed by atoms with Crippen LogP contribution >= 0.6 is 0 Å². The van der Waals surface area contributed by atoms with Gasteiger partial charge in [0.25, 0.3) is 5.91 Å². The number of aryl methyl sites for hydroxylation is 1. The Morgan fingerprint density at radius 2 is 2.00 bits per heavy atom. The second kappa shape index (κ2) is 5.67. The van der Waals surface area contributed by atoms with Gasteiger partial charge in [-0.15, -0.1) is 0 Å². The number of aromatic carboxylic acids is 1. The predicted octanol–water partition coefficient (Wildman–Crippen LogP) is 1.33. The van der Waals surface area contributed by atoms with Crippen LogP contribution in [0.1, 0.15) is 52.9 Å². The number of rotatable bonds is 5. The van der Waals surface area contributed by atoms with Gasteiger partial charge >= 0.3 is 5.97 Å². The summed E-state index contributed by atoms with van der Waals surface area (Å²) in [7, 11) is -3.10. The minimum absolute atomic E-state index is 0.00867. The van der Waals surface area contributed by atoms with Crippen molar-refractivity contribution in [2.75, 3.05) is 11.5 Å². The first-order valence-corrected chi connectivity index (χ1v) is 9.53. The van der Waals surface area contributed by atoms with Gasteiger partial charge in [-0.2, -0.15) is 0 Å². The Hall–Kier alpha value is -1.83. The highest BCUT2D eigenvalue weighted by Gasteiger charge is 2.43. The fraction of sp³-hybridized carbons (Fsp3) is 0.600. The van der Waals surface area contributed by atoms with Crippen LogP contribution in [-0.4, -0.2) is 53.9 Å². The molecule has 0 radical (unpaired) electrons. The lowest BCUT2D eigenvalue weighted by Gasteiger charge is -2.27. The number of amides is 1. The van der Waals surface area contributed by atoms with E-state index in [9.17, 15) is 18.0 Å². The summed E-state index contributed by atoms with van der Waals surface area (Å²) in [5, 5.41) is 9.17. The van der Waals surface area contributed by atoms with Crippen LogP contribution in [-0.2, 0) is 16.3 Å². The van der Waals surface area contributed by atoms with Crippen LogP contribution in [0.5, 0.6) is 0 Å². The van der Waals surface area contributed by atoms with Gasteiger partial charge in [-0.1, -0.05) is 6.92 Å². The molecule has 2 aliphatic rings. The molecule has 3 rings (SSSR count). The third-order valence-corrected chi connectivity index (χ3v) is 6.10. The van der Waals surface area contributed by atoms with E-state index in [0.717, 1.165) is 12.8 Å². The fourth-order valence-electron chi connectivity index (χ4n) is 3.08. The van der Waals surface area contributed by atoms with E-state index in [1.54, 1.807) is 11.8 Å². The zero-order valence-electron chi connectivity index (χ0n) is 12.8. The smallest absolute Gasteiger partial charge is 0.339 e. The molecule has 23 heavy (non-hydrogen) atoms. The molecular formula is C15H19NO6S. The van der Waals surface area contributed by atoms with Gasteiger partial charge in [-0.25, -0.2) is 13.2 Å². The number of sulfone groups is 1. The molecule has 0 bridgehead atoms. The number of carbonyl (C=O) groups excluding carboxylic acids is 1. The van der Waals surface area contributed by atoms with Crippen LogP contribution in [0.2, 0.25) is 0 Å². The molecular weight excluding hydrogens is 322 g/mol. The second-order valence-corrected chi connectivity index (χ2v) is 8.34. The van der Waals surface area contributed by atoms with E-state index in [1.807, 2.05) is 0 Å². The predicted molar refractivity (Wildman–Crippen MR) is 81.3 cm³/mol. The monoisotopic (exact) mass is 341 g/mol. The molecule has 1 atom stereocenters. The highest BCUT2D eigenvalue weighted by Crippen LogP contribution is 2.34. The largest absolute Gasteiger partial charge is 0.478 e. The normalized spacial score (nSPS) is 22.9. The number of hydrogen-bond donors (Lipinski definition) is 1. The van der Waals surface area contributed by atoms with Crippen molar-refractivity contribution in [2.24, 2.45) is 0 Å². The first-order chi connectivity index (χ1) is 10.8. The Morgan fingerprint density at radius 3 is 2.43 bits per heavy atom. The molecule has 126 valence electrons. The molecule has 0 aromatic carbocycles. The maximum Gasteiger partial charge on any atom is 0.339 e. The van der Waals surface area contributed by atoms with Gasteiger partial charge in [0.2, 0.25) is 0 Å². The molecule has 2 fully saturated rings. The summed E-state index contributed by atoms with van der Waals surface area (Å²) >= 11 is 0. The summed E-state index contributed by atoms with van der Waals surface area (Å²) in [6.07, 6.45) is 2.48. The minimum Gasteiger partial charge on any atom is -0.478 e. The first kappa shape index (κ1) is 16.0. The molecule has 1 N–H and O–H groups in total. The lowest BCUT2D eigenvalue weighted by Crippen LogP contribution is -2.42. The van der Waals surface area contributed by atoms with Crippen LogP contribution in [0.15, 0.2) is 10.5 Å². The average molecular weight is 341 g/mol. The van der Waals surface area contributed by atoms with E-state index in [1.165, 1.54) is 6.07 Å². The third-order valence-electron chi connectivity index (χ3n) is 4.35. The summed E-state index contributed by atoms with van der Waals surface area (Å²) in [4.78, 5) is 25.6. The second-order valence-electron chi connectivity index (χ2n) is 6.11. The zero-order valence-corrected chi connectivity index (χ0v) is 13.6. The molecule has 1 unspecified atom stereocenters. The third kappa shape index (κ3) is 3.12. The van der Waals surface area contributed by atoms with Crippen molar-refractivity contribution in [3.63, 3.8) is 0 Å². The topological polar surface area (TPSA) is 105 Å². The van der Waals surface area contributed by atoms with Crippen LogP contribution in [0.25, 0.3) is 0 Å². The lowest BCUT2D eigenvalue weighted by molar-refractivity contribution is 0.0644. The number of carboxylic acid groups (broad SMARTS) is 1. The molecule has 1 aromatic rings. The summed E-state index contributed by atoms with van der Waals surface area (Å²) in [6, 6.07) is 0.940. The van der Waals surface area contributed by atoms with Crippen molar-refractivity contribution in [3.05, 3.63) is 23.2 Å². The van der Waals surface area contributed by atoms with E-state index in [4.69, 9.17) is 9.52 Å². The van der Waals surface area contributed by atoms with Gasteiger partial charge < -0.3 is 14.4 Å². The standard InChI is InChI=1S/C15H19NO6S/c1-2-12-11(15(18)19)7-13(22-12)14(17)16(9-3-4-9)10-5-6-23(20,21)8-10/h7,9-10H,2-6,8H2,1H3,(H,18,19). The van der Waals surface area contributed by atoms with Crippen molar-refractivity contribution in [3.8, 4) is 0 Å². The van der Waals surface area contributed by atoms with Gasteiger partial charge in [0.15, 0.2) is 15.6 Å². The van der Waals surface area contributed by atoms with Crippen LogP contribution < -0.4 is 0 Å². The number of carboxylic acids is 1. The molecule has 2 heterocycles. The fourth-order valence-corrected chi connectivity index (χ4v) is 4.79. The number of furan rings is 1.